The van der Waals surface area contributed by atoms with Crippen LogP contribution in [-0.4, -0.2) is 22.8 Å². The maximum Gasteiger partial charge on any atom is 0.269 e. The molecule has 1 N–H and O–H groups in total. The summed E-state index contributed by atoms with van der Waals surface area (Å²) in [4.78, 5) is 23.2. The van der Waals surface area contributed by atoms with Crippen molar-refractivity contribution in [2.24, 2.45) is 5.10 Å². The molecule has 3 aromatic rings. The Labute approximate surface area is 194 Å². The number of nitrogens with zero attached hydrogens (tertiary/aromatic N) is 2. The fraction of sp³-hybridized carbons (Fsp3) is 0.130. The first kappa shape index (κ1) is 23.3. The summed E-state index contributed by atoms with van der Waals surface area (Å²) in [5.74, 6) is 1.14. The van der Waals surface area contributed by atoms with Crippen LogP contribution in [0.2, 0.25) is 5.02 Å². The van der Waals surface area contributed by atoms with Crippen molar-refractivity contribution >= 4 is 41.2 Å². The van der Waals surface area contributed by atoms with Gasteiger partial charge in [-0.3, -0.25) is 14.9 Å². The average Bonchev–Trinajstić information content (AvgIpc) is 2.80. The number of hydrogen-bond acceptors (Lipinski definition) is 6. The summed E-state index contributed by atoms with van der Waals surface area (Å²) >= 11 is 7.43. The van der Waals surface area contributed by atoms with Gasteiger partial charge in [-0.25, -0.2) is 5.43 Å². The molecule has 0 aromatic heterocycles. The van der Waals surface area contributed by atoms with Crippen LogP contribution in [0.1, 0.15) is 17.5 Å². The molecular weight excluding hydrogens is 450 g/mol. The van der Waals surface area contributed by atoms with Gasteiger partial charge in [0.25, 0.3) is 5.69 Å². The average molecular weight is 470 g/mol. The van der Waals surface area contributed by atoms with E-state index in [1.54, 1.807) is 42.2 Å². The number of halogens is 1. The maximum absolute atomic E-state index is 11.9. The van der Waals surface area contributed by atoms with E-state index in [1.165, 1.54) is 12.1 Å². The molecule has 0 heterocycles. The van der Waals surface area contributed by atoms with Crippen LogP contribution in [0.5, 0.6) is 5.75 Å². The van der Waals surface area contributed by atoms with Gasteiger partial charge in [0.1, 0.15) is 12.4 Å². The van der Waals surface area contributed by atoms with Crippen molar-refractivity contribution in [3.63, 3.8) is 0 Å². The van der Waals surface area contributed by atoms with Gasteiger partial charge in [-0.2, -0.15) is 5.10 Å². The molecule has 32 heavy (non-hydrogen) atoms. The first-order valence-electron chi connectivity index (χ1n) is 9.66. The molecule has 0 aliphatic rings. The number of nitro groups is 1. The molecule has 0 saturated heterocycles. The molecule has 0 unspecified atom stereocenters. The van der Waals surface area contributed by atoms with Crippen molar-refractivity contribution < 1.29 is 14.5 Å². The van der Waals surface area contributed by atoms with Crippen LogP contribution in [-0.2, 0) is 11.4 Å². The number of carbonyl (C=O) groups is 1. The van der Waals surface area contributed by atoms with Crippen molar-refractivity contribution in [1.29, 1.82) is 0 Å². The van der Waals surface area contributed by atoms with E-state index in [9.17, 15) is 14.9 Å². The van der Waals surface area contributed by atoms with Crippen molar-refractivity contribution in [2.45, 2.75) is 17.9 Å². The molecule has 0 atom stereocenters. The van der Waals surface area contributed by atoms with Crippen LogP contribution in [0, 0.1) is 10.1 Å². The normalized spacial score (nSPS) is 10.8. The Balaban J connectivity index is 1.38. The Morgan fingerprint density at radius 1 is 1.06 bits per heavy atom. The molecule has 3 rings (SSSR count). The maximum atomic E-state index is 11.9. The van der Waals surface area contributed by atoms with E-state index in [0.29, 0.717) is 29.6 Å². The largest absolute Gasteiger partial charge is 0.489 e. The van der Waals surface area contributed by atoms with E-state index in [-0.39, 0.29) is 11.6 Å². The van der Waals surface area contributed by atoms with Gasteiger partial charge in [0.2, 0.25) is 5.91 Å². The molecule has 0 aliphatic carbocycles. The molecule has 9 heteroatoms. The Kier molecular flexibility index (Phi) is 8.65. The second-order valence-corrected chi connectivity index (χ2v) is 8.23. The number of nitro benzene ring substituents is 1. The Morgan fingerprint density at radius 2 is 1.75 bits per heavy atom. The highest BCUT2D eigenvalue weighted by molar-refractivity contribution is 7.99. The first-order chi connectivity index (χ1) is 15.5. The molecule has 3 aromatic carbocycles. The Bertz CT molecular complexity index is 1070. The molecule has 164 valence electrons. The highest BCUT2D eigenvalue weighted by Crippen LogP contribution is 2.21. The molecule has 7 nitrogen and oxygen atoms in total. The van der Waals surface area contributed by atoms with Crippen LogP contribution >= 0.6 is 23.4 Å². The van der Waals surface area contributed by atoms with Gasteiger partial charge < -0.3 is 4.74 Å². The Morgan fingerprint density at radius 3 is 2.41 bits per heavy atom. The van der Waals surface area contributed by atoms with Gasteiger partial charge in [0.15, 0.2) is 0 Å². The molecule has 0 fully saturated rings. The number of rotatable bonds is 10. The second-order valence-electron chi connectivity index (χ2n) is 6.63. The lowest BCUT2D eigenvalue weighted by atomic mass is 10.2. The Hall–Kier alpha value is -3.36. The third kappa shape index (κ3) is 7.72. The zero-order chi connectivity index (χ0) is 22.8. The number of nitrogens with one attached hydrogen (secondary N) is 1. The van der Waals surface area contributed by atoms with Crippen LogP contribution < -0.4 is 10.2 Å². The molecule has 0 bridgehead atoms. The number of non-ortho nitro benzene ring substituents is 1. The predicted molar refractivity (Wildman–Crippen MR) is 126 cm³/mol. The predicted octanol–water partition coefficient (Wildman–Crippen LogP) is 5.46. The second kappa shape index (κ2) is 11.9. The van der Waals surface area contributed by atoms with Crippen molar-refractivity contribution in [3.05, 3.63) is 99.1 Å². The molecule has 1 amide bonds. The molecule has 0 aliphatic heterocycles. The lowest BCUT2D eigenvalue weighted by molar-refractivity contribution is -0.384. The molecular formula is C23H20ClN3O4S. The van der Waals surface area contributed by atoms with Crippen LogP contribution in [0.4, 0.5) is 5.69 Å². The lowest BCUT2D eigenvalue weighted by Crippen LogP contribution is -2.17. The van der Waals surface area contributed by atoms with Gasteiger partial charge in [-0.05, 0) is 71.8 Å². The summed E-state index contributed by atoms with van der Waals surface area (Å²) < 4.78 is 5.68. The minimum Gasteiger partial charge on any atom is -0.489 e. The zero-order valence-electron chi connectivity index (χ0n) is 16.9. The lowest BCUT2D eigenvalue weighted by Gasteiger charge is -2.06. The first-order valence-corrected chi connectivity index (χ1v) is 11.0. The van der Waals surface area contributed by atoms with Crippen molar-refractivity contribution in [2.75, 3.05) is 5.75 Å². The van der Waals surface area contributed by atoms with Gasteiger partial charge in [0.05, 0.1) is 11.1 Å². The van der Waals surface area contributed by atoms with E-state index in [1.807, 2.05) is 36.4 Å². The number of thioether (sulfide) groups is 1. The quantitative estimate of drug-likeness (QED) is 0.184. The fourth-order valence-corrected chi connectivity index (χ4v) is 3.54. The summed E-state index contributed by atoms with van der Waals surface area (Å²) in [5.41, 5.74) is 4.20. The van der Waals surface area contributed by atoms with Crippen LogP contribution in [0.15, 0.2) is 82.8 Å². The van der Waals surface area contributed by atoms with Gasteiger partial charge in [-0.15, -0.1) is 11.8 Å². The molecule has 0 radical (unpaired) electrons. The third-order valence-corrected chi connectivity index (χ3v) is 5.51. The standard InChI is InChI=1S/C23H20ClN3O4S/c24-19-5-11-22(12-6-19)32-14-13-23(28)26-25-15-17-3-9-21(10-4-17)31-16-18-1-7-20(8-2-18)27(29)30/h1-12,15H,13-14,16H2,(H,26,28)/b25-15-. The molecule has 0 spiro atoms. The number of amides is 1. The summed E-state index contributed by atoms with van der Waals surface area (Å²) in [6.07, 6.45) is 1.91. The minimum absolute atomic E-state index is 0.0461. The van der Waals surface area contributed by atoms with Crippen molar-refractivity contribution in [3.8, 4) is 5.75 Å². The SMILES string of the molecule is O=C(CCSc1ccc(Cl)cc1)N/N=C\c1ccc(OCc2ccc([N+](=O)[O-])cc2)cc1. The molecule has 0 saturated carbocycles. The van der Waals surface area contributed by atoms with E-state index in [4.69, 9.17) is 16.3 Å². The summed E-state index contributed by atoms with van der Waals surface area (Å²) in [6.45, 7) is 0.301. The van der Waals surface area contributed by atoms with E-state index in [0.717, 1.165) is 16.0 Å². The third-order valence-electron chi connectivity index (χ3n) is 4.25. The monoisotopic (exact) mass is 469 g/mol. The number of hydrazone groups is 1. The highest BCUT2D eigenvalue weighted by atomic mass is 35.5. The van der Waals surface area contributed by atoms with Crippen molar-refractivity contribution in [1.82, 2.24) is 5.43 Å². The summed E-state index contributed by atoms with van der Waals surface area (Å²) in [5, 5.41) is 15.3. The highest BCUT2D eigenvalue weighted by Gasteiger charge is 2.04. The topological polar surface area (TPSA) is 93.8 Å². The van der Waals surface area contributed by atoms with Crippen LogP contribution in [0.3, 0.4) is 0 Å². The van der Waals surface area contributed by atoms with E-state index < -0.39 is 4.92 Å². The van der Waals surface area contributed by atoms with Gasteiger partial charge >= 0.3 is 0 Å². The van der Waals surface area contributed by atoms with E-state index in [2.05, 4.69) is 10.5 Å². The number of carbonyl (C=O) groups excluding carboxylic acids is 1. The summed E-state index contributed by atoms with van der Waals surface area (Å²) in [6, 6.07) is 20.9. The zero-order valence-corrected chi connectivity index (χ0v) is 18.5. The number of ether oxygens (including phenoxy) is 1. The van der Waals surface area contributed by atoms with Crippen LogP contribution in [0.25, 0.3) is 0 Å². The van der Waals surface area contributed by atoms with E-state index >= 15 is 0 Å². The van der Waals surface area contributed by atoms with Gasteiger partial charge in [0, 0.05) is 34.2 Å². The smallest absolute Gasteiger partial charge is 0.269 e. The summed E-state index contributed by atoms with van der Waals surface area (Å²) in [7, 11) is 0. The minimum atomic E-state index is -0.437. The van der Waals surface area contributed by atoms with Gasteiger partial charge in [-0.1, -0.05) is 11.6 Å². The number of benzene rings is 3. The fourth-order valence-electron chi connectivity index (χ4n) is 2.56. The number of hydrogen-bond donors (Lipinski definition) is 1.